The second kappa shape index (κ2) is 5.19. The minimum Gasteiger partial charge on any atom is -0.480 e. The Hall–Kier alpha value is -1.24. The second-order valence-corrected chi connectivity index (χ2v) is 8.18. The van der Waals surface area contributed by atoms with E-state index in [2.05, 4.69) is 9.89 Å². The maximum absolute atomic E-state index is 12.2. The minimum atomic E-state index is -0.929. The van der Waals surface area contributed by atoms with E-state index >= 15 is 0 Å². The third-order valence-electron chi connectivity index (χ3n) is 4.43. The molecule has 0 radical (unpaired) electrons. The van der Waals surface area contributed by atoms with Gasteiger partial charge in [-0.2, -0.15) is 0 Å². The number of likely N-dealkylation sites (tertiary alicyclic amines) is 1. The van der Waals surface area contributed by atoms with Crippen molar-refractivity contribution in [2.24, 2.45) is 4.99 Å². The third-order valence-corrected chi connectivity index (χ3v) is 5.99. The summed E-state index contributed by atoms with van der Waals surface area (Å²) in [6, 6.07) is -1.16. The number of piperidine rings is 1. The van der Waals surface area contributed by atoms with Crippen LogP contribution in [0.3, 0.4) is 0 Å². The summed E-state index contributed by atoms with van der Waals surface area (Å²) in [6.07, 6.45) is 5.39. The van der Waals surface area contributed by atoms with Gasteiger partial charge < -0.3 is 14.9 Å². The van der Waals surface area contributed by atoms with Gasteiger partial charge in [0, 0.05) is 17.8 Å². The standard InChI is InChI=1S/C14H21N3O3S/c1-14(2)10(13(19)20)17-11(18)9(12(17)21-14)15-8-16-6-4-3-5-7-16/h8-10,12H,3-7H2,1-2H3,(H,19,20)/t9-,10+,12-/m1/s1. The number of β-lactam (4-membered cyclic amide) rings is 1. The van der Waals surface area contributed by atoms with Crippen LogP contribution in [0.2, 0.25) is 0 Å². The lowest BCUT2D eigenvalue weighted by Crippen LogP contribution is -2.65. The van der Waals surface area contributed by atoms with Crippen LogP contribution in [0.15, 0.2) is 4.99 Å². The number of nitrogens with zero attached hydrogens (tertiary/aromatic N) is 3. The van der Waals surface area contributed by atoms with E-state index in [1.54, 1.807) is 18.1 Å². The fourth-order valence-electron chi connectivity index (χ4n) is 3.33. The van der Waals surface area contributed by atoms with E-state index in [1.165, 1.54) is 24.2 Å². The highest BCUT2D eigenvalue weighted by molar-refractivity contribution is 8.01. The Morgan fingerprint density at radius 3 is 2.67 bits per heavy atom. The summed E-state index contributed by atoms with van der Waals surface area (Å²) in [4.78, 5) is 31.7. The Labute approximate surface area is 128 Å². The monoisotopic (exact) mass is 311 g/mol. The first-order valence-electron chi connectivity index (χ1n) is 7.42. The topological polar surface area (TPSA) is 73.2 Å². The molecular formula is C14H21N3O3S. The Morgan fingerprint density at radius 1 is 1.38 bits per heavy atom. The van der Waals surface area contributed by atoms with Gasteiger partial charge in [0.05, 0.1) is 6.34 Å². The zero-order valence-corrected chi connectivity index (χ0v) is 13.2. The number of carbonyl (C=O) groups is 2. The van der Waals surface area contributed by atoms with E-state index in [0.29, 0.717) is 0 Å². The van der Waals surface area contributed by atoms with Crippen molar-refractivity contribution in [3.8, 4) is 0 Å². The largest absolute Gasteiger partial charge is 0.480 e. The lowest BCUT2D eigenvalue weighted by atomic mass is 9.96. The number of amides is 1. The van der Waals surface area contributed by atoms with Crippen LogP contribution in [0.4, 0.5) is 0 Å². The number of aliphatic carboxylic acids is 1. The first-order chi connectivity index (χ1) is 9.92. The van der Waals surface area contributed by atoms with Gasteiger partial charge in [0.2, 0.25) is 0 Å². The molecule has 3 saturated heterocycles. The van der Waals surface area contributed by atoms with Crippen molar-refractivity contribution in [3.05, 3.63) is 0 Å². The summed E-state index contributed by atoms with van der Waals surface area (Å²) < 4.78 is -0.471. The first-order valence-corrected chi connectivity index (χ1v) is 8.30. The molecule has 0 aromatic heterocycles. The molecule has 0 spiro atoms. The average Bonchev–Trinajstić information content (AvgIpc) is 2.69. The summed E-state index contributed by atoms with van der Waals surface area (Å²) >= 11 is 1.54. The lowest BCUT2D eigenvalue weighted by Gasteiger charge is -2.41. The molecule has 3 aliphatic heterocycles. The Balaban J connectivity index is 1.69. The number of fused-ring (bicyclic) bond motifs is 1. The van der Waals surface area contributed by atoms with Crippen LogP contribution in [0.1, 0.15) is 33.1 Å². The van der Waals surface area contributed by atoms with Crippen LogP contribution in [-0.4, -0.2) is 68.4 Å². The van der Waals surface area contributed by atoms with E-state index < -0.39 is 22.8 Å². The number of carboxylic acids is 1. The highest BCUT2D eigenvalue weighted by Crippen LogP contribution is 2.51. The fraction of sp³-hybridized carbons (Fsp3) is 0.786. The van der Waals surface area contributed by atoms with E-state index in [-0.39, 0.29) is 11.3 Å². The Morgan fingerprint density at radius 2 is 2.05 bits per heavy atom. The van der Waals surface area contributed by atoms with E-state index in [4.69, 9.17) is 0 Å². The Bertz CT molecular complexity index is 488. The molecule has 3 fully saturated rings. The normalized spacial score (nSPS) is 35.0. The molecule has 1 amide bonds. The molecule has 3 atom stereocenters. The van der Waals surface area contributed by atoms with Gasteiger partial charge in [-0.1, -0.05) is 0 Å². The van der Waals surface area contributed by atoms with Crippen molar-refractivity contribution in [2.45, 2.75) is 55.3 Å². The molecule has 3 aliphatic rings. The highest BCUT2D eigenvalue weighted by Gasteiger charge is 2.63. The molecule has 0 aliphatic carbocycles. The zero-order chi connectivity index (χ0) is 15.2. The number of carboxylic acid groups (broad SMARTS) is 1. The zero-order valence-electron chi connectivity index (χ0n) is 12.4. The lowest BCUT2D eigenvalue weighted by molar-refractivity contribution is -0.158. The van der Waals surface area contributed by atoms with Crippen LogP contribution < -0.4 is 0 Å². The molecule has 3 rings (SSSR count). The summed E-state index contributed by atoms with van der Waals surface area (Å²) in [5.41, 5.74) is 0. The van der Waals surface area contributed by atoms with Gasteiger partial charge in [-0.3, -0.25) is 9.79 Å². The van der Waals surface area contributed by atoms with Crippen molar-refractivity contribution in [1.82, 2.24) is 9.80 Å². The van der Waals surface area contributed by atoms with Crippen molar-refractivity contribution in [1.29, 1.82) is 0 Å². The first kappa shape index (κ1) is 14.7. The van der Waals surface area contributed by atoms with E-state index in [9.17, 15) is 14.7 Å². The predicted molar refractivity (Wildman–Crippen MR) is 81.4 cm³/mol. The molecule has 0 bridgehead atoms. The average molecular weight is 311 g/mol. The van der Waals surface area contributed by atoms with Crippen LogP contribution in [0, 0.1) is 0 Å². The highest BCUT2D eigenvalue weighted by atomic mass is 32.2. The smallest absolute Gasteiger partial charge is 0.327 e. The molecule has 1 N–H and O–H groups in total. The molecule has 7 heteroatoms. The summed E-state index contributed by atoms with van der Waals surface area (Å²) in [6.45, 7) is 5.76. The van der Waals surface area contributed by atoms with Crippen molar-refractivity contribution < 1.29 is 14.7 Å². The number of hydrogen-bond donors (Lipinski definition) is 1. The predicted octanol–water partition coefficient (Wildman–Crippen LogP) is 1.02. The van der Waals surface area contributed by atoms with Gasteiger partial charge in [0.1, 0.15) is 11.4 Å². The van der Waals surface area contributed by atoms with Crippen LogP contribution in [0.25, 0.3) is 0 Å². The Kier molecular flexibility index (Phi) is 3.63. The quantitative estimate of drug-likeness (QED) is 0.478. The number of rotatable bonds is 3. The van der Waals surface area contributed by atoms with Gasteiger partial charge in [-0.15, -0.1) is 11.8 Å². The molecule has 116 valence electrons. The van der Waals surface area contributed by atoms with Crippen LogP contribution >= 0.6 is 11.8 Å². The maximum atomic E-state index is 12.2. The SMILES string of the molecule is CC1(C)S[C@@H]2[C@H](N=CN3CCCCC3)C(=O)N2[C@H]1C(=O)O. The molecular weight excluding hydrogens is 290 g/mol. The van der Waals surface area contributed by atoms with Crippen molar-refractivity contribution in [2.75, 3.05) is 13.1 Å². The van der Waals surface area contributed by atoms with Crippen molar-refractivity contribution in [3.63, 3.8) is 0 Å². The van der Waals surface area contributed by atoms with Crippen molar-refractivity contribution >= 4 is 30.0 Å². The molecule has 3 heterocycles. The van der Waals surface area contributed by atoms with E-state index in [1.807, 2.05) is 13.8 Å². The number of carbonyl (C=O) groups excluding carboxylic acids is 1. The van der Waals surface area contributed by atoms with Crippen LogP contribution in [0.5, 0.6) is 0 Å². The third kappa shape index (κ3) is 2.41. The molecule has 0 saturated carbocycles. The van der Waals surface area contributed by atoms with Gasteiger partial charge in [-0.05, 0) is 33.1 Å². The summed E-state index contributed by atoms with van der Waals surface area (Å²) in [7, 11) is 0. The summed E-state index contributed by atoms with van der Waals surface area (Å²) in [5, 5.41) is 9.22. The maximum Gasteiger partial charge on any atom is 0.327 e. The fourth-order valence-corrected chi connectivity index (χ4v) is 4.95. The van der Waals surface area contributed by atoms with E-state index in [0.717, 1.165) is 13.1 Å². The molecule has 0 aromatic rings. The number of aliphatic imine (C=N–C) groups is 1. The summed E-state index contributed by atoms with van der Waals surface area (Å²) in [5.74, 6) is -1.08. The minimum absolute atomic E-state index is 0.130. The second-order valence-electron chi connectivity index (χ2n) is 6.40. The van der Waals surface area contributed by atoms with Gasteiger partial charge >= 0.3 is 5.97 Å². The number of hydrogen-bond acceptors (Lipinski definition) is 4. The number of thioether (sulfide) groups is 1. The van der Waals surface area contributed by atoms with Gasteiger partial charge in [-0.25, -0.2) is 4.79 Å². The van der Waals surface area contributed by atoms with Gasteiger partial charge in [0.25, 0.3) is 5.91 Å². The van der Waals surface area contributed by atoms with Gasteiger partial charge in [0.15, 0.2) is 6.04 Å². The van der Waals surface area contributed by atoms with Crippen LogP contribution in [-0.2, 0) is 9.59 Å². The molecule has 6 nitrogen and oxygen atoms in total. The molecule has 0 aromatic carbocycles. The molecule has 21 heavy (non-hydrogen) atoms. The molecule has 0 unspecified atom stereocenters.